The lowest BCUT2D eigenvalue weighted by Gasteiger charge is -2.23. The maximum absolute atomic E-state index is 11.7. The van der Waals surface area contributed by atoms with Crippen molar-refractivity contribution in [3.05, 3.63) is 0 Å². The summed E-state index contributed by atoms with van der Waals surface area (Å²) in [7, 11) is 4.11. The van der Waals surface area contributed by atoms with E-state index in [2.05, 4.69) is 19.0 Å². The van der Waals surface area contributed by atoms with Gasteiger partial charge in [0.1, 0.15) is 5.78 Å². The molecule has 0 N–H and O–H groups in total. The zero-order valence-corrected chi connectivity index (χ0v) is 7.92. The SMILES string of the molecule is CN(C)C[C@H]1C(=O)[C@H]2CC[C@H]1C2. The lowest BCUT2D eigenvalue weighted by molar-refractivity contribution is -0.126. The van der Waals surface area contributed by atoms with E-state index in [1.165, 1.54) is 19.3 Å². The van der Waals surface area contributed by atoms with Crippen LogP contribution in [0.2, 0.25) is 0 Å². The molecule has 0 spiro atoms. The molecule has 2 fully saturated rings. The highest BCUT2D eigenvalue weighted by Gasteiger charge is 2.46. The first kappa shape index (κ1) is 8.24. The Labute approximate surface area is 73.9 Å². The van der Waals surface area contributed by atoms with Crippen LogP contribution in [-0.2, 0) is 4.79 Å². The predicted octanol–water partition coefficient (Wildman–Crippen LogP) is 1.16. The Morgan fingerprint density at radius 3 is 2.67 bits per heavy atom. The molecule has 0 aliphatic heterocycles. The summed E-state index contributed by atoms with van der Waals surface area (Å²) in [5.41, 5.74) is 0. The molecule has 0 aromatic heterocycles. The van der Waals surface area contributed by atoms with Crippen LogP contribution in [-0.4, -0.2) is 31.3 Å². The monoisotopic (exact) mass is 167 g/mol. The predicted molar refractivity (Wildman–Crippen MR) is 47.9 cm³/mol. The smallest absolute Gasteiger partial charge is 0.140 e. The third-order valence-corrected chi connectivity index (χ3v) is 3.37. The van der Waals surface area contributed by atoms with Crippen LogP contribution in [0.4, 0.5) is 0 Å². The molecular weight excluding hydrogens is 150 g/mol. The van der Waals surface area contributed by atoms with E-state index in [0.29, 0.717) is 17.6 Å². The van der Waals surface area contributed by atoms with Crippen LogP contribution in [0.3, 0.4) is 0 Å². The molecule has 0 amide bonds. The summed E-state index contributed by atoms with van der Waals surface area (Å²) in [6.45, 7) is 0.972. The van der Waals surface area contributed by atoms with E-state index >= 15 is 0 Å². The molecule has 0 radical (unpaired) electrons. The number of carbonyl (C=O) groups excluding carboxylic acids is 1. The van der Waals surface area contributed by atoms with Gasteiger partial charge >= 0.3 is 0 Å². The van der Waals surface area contributed by atoms with Gasteiger partial charge in [-0.15, -0.1) is 0 Å². The number of hydrogen-bond donors (Lipinski definition) is 0. The van der Waals surface area contributed by atoms with Gasteiger partial charge < -0.3 is 4.90 Å². The maximum Gasteiger partial charge on any atom is 0.140 e. The molecule has 2 aliphatic carbocycles. The molecule has 0 aromatic carbocycles. The van der Waals surface area contributed by atoms with Gasteiger partial charge in [0, 0.05) is 18.4 Å². The second kappa shape index (κ2) is 2.84. The number of fused-ring (bicyclic) bond motifs is 2. The molecule has 2 aliphatic rings. The lowest BCUT2D eigenvalue weighted by Crippen LogP contribution is -2.31. The molecule has 0 saturated heterocycles. The fraction of sp³-hybridized carbons (Fsp3) is 0.900. The van der Waals surface area contributed by atoms with Crippen LogP contribution in [0.25, 0.3) is 0 Å². The third-order valence-electron chi connectivity index (χ3n) is 3.37. The Morgan fingerprint density at radius 1 is 1.42 bits per heavy atom. The first-order valence-electron chi connectivity index (χ1n) is 4.87. The summed E-state index contributed by atoms with van der Waals surface area (Å²) in [5, 5.41) is 0. The largest absolute Gasteiger partial charge is 0.309 e. The van der Waals surface area contributed by atoms with Gasteiger partial charge in [0.2, 0.25) is 0 Å². The summed E-state index contributed by atoms with van der Waals surface area (Å²) in [4.78, 5) is 13.8. The quantitative estimate of drug-likeness (QED) is 0.615. The fourth-order valence-corrected chi connectivity index (χ4v) is 2.81. The van der Waals surface area contributed by atoms with Crippen molar-refractivity contribution >= 4 is 5.78 Å². The van der Waals surface area contributed by atoms with E-state index in [1.54, 1.807) is 0 Å². The van der Waals surface area contributed by atoms with Gasteiger partial charge in [-0.05, 0) is 39.3 Å². The molecule has 2 bridgehead atoms. The lowest BCUT2D eigenvalue weighted by atomic mass is 9.87. The number of carbonyl (C=O) groups is 1. The average Bonchev–Trinajstić information content (AvgIpc) is 2.53. The van der Waals surface area contributed by atoms with Crippen LogP contribution in [0.5, 0.6) is 0 Å². The van der Waals surface area contributed by atoms with Gasteiger partial charge in [-0.1, -0.05) is 0 Å². The molecule has 2 heteroatoms. The third kappa shape index (κ3) is 1.18. The van der Waals surface area contributed by atoms with Crippen molar-refractivity contribution in [2.45, 2.75) is 19.3 Å². The summed E-state index contributed by atoms with van der Waals surface area (Å²) in [6.07, 6.45) is 3.67. The second-order valence-corrected chi connectivity index (χ2v) is 4.54. The normalized spacial score (nSPS) is 39.9. The summed E-state index contributed by atoms with van der Waals surface area (Å²) >= 11 is 0. The van der Waals surface area contributed by atoms with Crippen molar-refractivity contribution in [2.24, 2.45) is 17.8 Å². The molecule has 12 heavy (non-hydrogen) atoms. The minimum absolute atomic E-state index is 0.374. The average molecular weight is 167 g/mol. The standard InChI is InChI=1S/C10H17NO/c1-11(2)6-9-7-3-4-8(5-7)10(9)12/h7-9H,3-6H2,1-2H3/t7-,8-,9+/m0/s1. The second-order valence-electron chi connectivity index (χ2n) is 4.54. The molecule has 0 unspecified atom stereocenters. The van der Waals surface area contributed by atoms with E-state index in [1.807, 2.05) is 0 Å². The van der Waals surface area contributed by atoms with Crippen LogP contribution >= 0.6 is 0 Å². The van der Waals surface area contributed by atoms with E-state index in [0.717, 1.165) is 12.5 Å². The number of hydrogen-bond acceptors (Lipinski definition) is 2. The number of Topliss-reactive ketones (excluding diaryl/α,β-unsaturated/α-hetero) is 1. The van der Waals surface area contributed by atoms with Crippen molar-refractivity contribution in [1.82, 2.24) is 4.90 Å². The molecule has 68 valence electrons. The summed E-state index contributed by atoms with van der Waals surface area (Å²) < 4.78 is 0. The van der Waals surface area contributed by atoms with E-state index < -0.39 is 0 Å². The minimum atomic E-state index is 0.374. The highest BCUT2D eigenvalue weighted by atomic mass is 16.1. The van der Waals surface area contributed by atoms with Crippen LogP contribution in [0, 0.1) is 17.8 Å². The number of rotatable bonds is 2. The van der Waals surface area contributed by atoms with Gasteiger partial charge in [-0.25, -0.2) is 0 Å². The Balaban J connectivity index is 2.02. The zero-order chi connectivity index (χ0) is 8.72. The van der Waals surface area contributed by atoms with Crippen molar-refractivity contribution in [1.29, 1.82) is 0 Å². The van der Waals surface area contributed by atoms with Crippen LogP contribution < -0.4 is 0 Å². The first-order valence-corrected chi connectivity index (χ1v) is 4.87. The van der Waals surface area contributed by atoms with Gasteiger partial charge in [0.25, 0.3) is 0 Å². The van der Waals surface area contributed by atoms with Crippen molar-refractivity contribution in [3.63, 3.8) is 0 Å². The molecule has 3 atom stereocenters. The Morgan fingerprint density at radius 2 is 2.17 bits per heavy atom. The van der Waals surface area contributed by atoms with Gasteiger partial charge in [-0.2, -0.15) is 0 Å². The van der Waals surface area contributed by atoms with E-state index in [-0.39, 0.29) is 0 Å². The number of ketones is 1. The van der Waals surface area contributed by atoms with E-state index in [4.69, 9.17) is 0 Å². The van der Waals surface area contributed by atoms with Crippen molar-refractivity contribution < 1.29 is 4.79 Å². The topological polar surface area (TPSA) is 20.3 Å². The van der Waals surface area contributed by atoms with Crippen LogP contribution in [0.15, 0.2) is 0 Å². The molecule has 2 nitrogen and oxygen atoms in total. The summed E-state index contributed by atoms with van der Waals surface area (Å²) in [6, 6.07) is 0. The molecule has 0 aromatic rings. The first-order chi connectivity index (χ1) is 5.68. The molecular formula is C10H17NO. The van der Waals surface area contributed by atoms with E-state index in [9.17, 15) is 4.79 Å². The zero-order valence-electron chi connectivity index (χ0n) is 7.92. The van der Waals surface area contributed by atoms with Crippen molar-refractivity contribution in [2.75, 3.05) is 20.6 Å². The molecule has 0 heterocycles. The Bertz CT molecular complexity index is 200. The van der Waals surface area contributed by atoms with Gasteiger partial charge in [0.05, 0.1) is 0 Å². The Hall–Kier alpha value is -0.370. The molecule has 2 saturated carbocycles. The van der Waals surface area contributed by atoms with Crippen molar-refractivity contribution in [3.8, 4) is 0 Å². The highest BCUT2D eigenvalue weighted by molar-refractivity contribution is 5.87. The van der Waals surface area contributed by atoms with Gasteiger partial charge in [-0.3, -0.25) is 4.79 Å². The highest BCUT2D eigenvalue weighted by Crippen LogP contribution is 2.45. The fourth-order valence-electron chi connectivity index (χ4n) is 2.81. The van der Waals surface area contributed by atoms with Gasteiger partial charge in [0.15, 0.2) is 0 Å². The minimum Gasteiger partial charge on any atom is -0.309 e. The Kier molecular flexibility index (Phi) is 1.95. The summed E-state index contributed by atoms with van der Waals surface area (Å²) in [5.74, 6) is 2.10. The molecule has 2 rings (SSSR count). The maximum atomic E-state index is 11.7. The van der Waals surface area contributed by atoms with Crippen LogP contribution in [0.1, 0.15) is 19.3 Å². The number of nitrogens with zero attached hydrogens (tertiary/aromatic N) is 1.